The number of hydrogen-bond donors (Lipinski definition) is 1. The quantitative estimate of drug-likeness (QED) is 0.786. The second-order valence-corrected chi connectivity index (χ2v) is 4.89. The molecule has 0 radical (unpaired) electrons. The van der Waals surface area contributed by atoms with E-state index < -0.39 is 0 Å². The van der Waals surface area contributed by atoms with Crippen LogP contribution in [0.1, 0.15) is 32.3 Å². The van der Waals surface area contributed by atoms with Crippen LogP contribution in [0.15, 0.2) is 6.33 Å². The molecule has 1 aromatic heterocycles. The van der Waals surface area contributed by atoms with Gasteiger partial charge in [-0.2, -0.15) is 0 Å². The summed E-state index contributed by atoms with van der Waals surface area (Å²) in [6, 6.07) is 0.546. The fourth-order valence-corrected chi connectivity index (χ4v) is 2.33. The first-order valence-electron chi connectivity index (χ1n) is 5.93. The SMILES string of the molecule is Cc1c(N)ncnc1N1CC(C)CCC1C. The zero-order valence-electron chi connectivity index (χ0n) is 10.3. The van der Waals surface area contributed by atoms with E-state index in [4.69, 9.17) is 5.73 Å². The van der Waals surface area contributed by atoms with Crippen LogP contribution in [0.3, 0.4) is 0 Å². The Kier molecular flexibility index (Phi) is 2.99. The molecule has 0 aromatic carbocycles. The minimum Gasteiger partial charge on any atom is -0.383 e. The summed E-state index contributed by atoms with van der Waals surface area (Å²) in [4.78, 5) is 10.8. The summed E-state index contributed by atoms with van der Waals surface area (Å²) in [6.45, 7) is 7.61. The molecule has 1 aliphatic rings. The van der Waals surface area contributed by atoms with Crippen molar-refractivity contribution in [1.29, 1.82) is 0 Å². The van der Waals surface area contributed by atoms with Crippen molar-refractivity contribution >= 4 is 11.6 Å². The predicted molar refractivity (Wildman–Crippen MR) is 66.4 cm³/mol. The lowest BCUT2D eigenvalue weighted by atomic mass is 9.95. The van der Waals surface area contributed by atoms with Crippen molar-refractivity contribution in [3.05, 3.63) is 11.9 Å². The van der Waals surface area contributed by atoms with Crippen molar-refractivity contribution in [2.24, 2.45) is 5.92 Å². The van der Waals surface area contributed by atoms with Crippen molar-refractivity contribution < 1.29 is 0 Å². The Bertz CT molecular complexity index is 377. The Morgan fingerprint density at radius 2 is 2.06 bits per heavy atom. The highest BCUT2D eigenvalue weighted by molar-refractivity contribution is 5.56. The number of nitrogen functional groups attached to an aromatic ring is 1. The highest BCUT2D eigenvalue weighted by Crippen LogP contribution is 2.29. The van der Waals surface area contributed by atoms with Gasteiger partial charge in [0.25, 0.3) is 0 Å². The second kappa shape index (κ2) is 4.28. The van der Waals surface area contributed by atoms with Crippen LogP contribution in [0.5, 0.6) is 0 Å². The van der Waals surface area contributed by atoms with Gasteiger partial charge in [-0.05, 0) is 32.6 Å². The molecule has 0 spiro atoms. The molecule has 16 heavy (non-hydrogen) atoms. The van der Waals surface area contributed by atoms with Gasteiger partial charge in [0.1, 0.15) is 18.0 Å². The van der Waals surface area contributed by atoms with Crippen molar-refractivity contribution in [3.8, 4) is 0 Å². The molecule has 4 nitrogen and oxygen atoms in total. The molecule has 1 saturated heterocycles. The van der Waals surface area contributed by atoms with Crippen molar-refractivity contribution in [3.63, 3.8) is 0 Å². The van der Waals surface area contributed by atoms with Gasteiger partial charge in [0.05, 0.1) is 0 Å². The third-order valence-corrected chi connectivity index (χ3v) is 3.49. The summed E-state index contributed by atoms with van der Waals surface area (Å²) in [5, 5.41) is 0. The lowest BCUT2D eigenvalue weighted by molar-refractivity contribution is 0.387. The van der Waals surface area contributed by atoms with Crippen LogP contribution in [-0.4, -0.2) is 22.6 Å². The number of anilines is 2. The van der Waals surface area contributed by atoms with Crippen LogP contribution < -0.4 is 10.6 Å². The van der Waals surface area contributed by atoms with Gasteiger partial charge in [0.2, 0.25) is 0 Å². The average Bonchev–Trinajstić information content (AvgIpc) is 2.26. The molecule has 0 amide bonds. The molecule has 2 rings (SSSR count). The number of hydrogen-bond acceptors (Lipinski definition) is 4. The van der Waals surface area contributed by atoms with Crippen LogP contribution in [-0.2, 0) is 0 Å². The lowest BCUT2D eigenvalue weighted by Gasteiger charge is -2.38. The zero-order valence-corrected chi connectivity index (χ0v) is 10.3. The van der Waals surface area contributed by atoms with Crippen molar-refractivity contribution in [2.45, 2.75) is 39.7 Å². The third-order valence-electron chi connectivity index (χ3n) is 3.49. The van der Waals surface area contributed by atoms with Gasteiger partial charge >= 0.3 is 0 Å². The molecular formula is C12H20N4. The normalized spacial score (nSPS) is 25.8. The van der Waals surface area contributed by atoms with Gasteiger partial charge in [-0.1, -0.05) is 6.92 Å². The van der Waals surface area contributed by atoms with Crippen LogP contribution >= 0.6 is 0 Å². The fraction of sp³-hybridized carbons (Fsp3) is 0.667. The van der Waals surface area contributed by atoms with Gasteiger partial charge in [-0.15, -0.1) is 0 Å². The summed E-state index contributed by atoms with van der Waals surface area (Å²) in [6.07, 6.45) is 4.09. The maximum atomic E-state index is 5.83. The van der Waals surface area contributed by atoms with E-state index in [1.165, 1.54) is 12.8 Å². The summed E-state index contributed by atoms with van der Waals surface area (Å²) in [5.74, 6) is 2.33. The van der Waals surface area contributed by atoms with Gasteiger partial charge in [0, 0.05) is 18.2 Å². The first kappa shape index (κ1) is 11.2. The minimum atomic E-state index is 0.546. The molecule has 88 valence electrons. The molecule has 1 aromatic rings. The summed E-state index contributed by atoms with van der Waals surface area (Å²) in [7, 11) is 0. The molecule has 1 fully saturated rings. The summed E-state index contributed by atoms with van der Waals surface area (Å²) < 4.78 is 0. The summed E-state index contributed by atoms with van der Waals surface area (Å²) in [5.41, 5.74) is 6.83. The van der Waals surface area contributed by atoms with Gasteiger partial charge in [-0.3, -0.25) is 0 Å². The highest BCUT2D eigenvalue weighted by Gasteiger charge is 2.25. The fourth-order valence-electron chi connectivity index (χ4n) is 2.33. The van der Waals surface area contributed by atoms with Crippen molar-refractivity contribution in [1.82, 2.24) is 9.97 Å². The first-order valence-corrected chi connectivity index (χ1v) is 5.93. The third kappa shape index (κ3) is 1.96. The van der Waals surface area contributed by atoms with Crippen LogP contribution in [0, 0.1) is 12.8 Å². The molecule has 2 N–H and O–H groups in total. The first-order chi connectivity index (χ1) is 7.59. The van der Waals surface area contributed by atoms with E-state index in [-0.39, 0.29) is 0 Å². The van der Waals surface area contributed by atoms with E-state index >= 15 is 0 Å². The van der Waals surface area contributed by atoms with E-state index in [2.05, 4.69) is 28.7 Å². The van der Waals surface area contributed by atoms with E-state index in [0.717, 1.165) is 23.8 Å². The molecule has 2 heterocycles. The van der Waals surface area contributed by atoms with Gasteiger partial charge in [0.15, 0.2) is 0 Å². The van der Waals surface area contributed by atoms with Gasteiger partial charge < -0.3 is 10.6 Å². The van der Waals surface area contributed by atoms with Gasteiger partial charge in [-0.25, -0.2) is 9.97 Å². The van der Waals surface area contributed by atoms with Crippen LogP contribution in [0.4, 0.5) is 11.6 Å². The molecular weight excluding hydrogens is 200 g/mol. The smallest absolute Gasteiger partial charge is 0.137 e. The molecule has 2 unspecified atom stereocenters. The zero-order chi connectivity index (χ0) is 11.7. The molecule has 2 atom stereocenters. The number of nitrogens with two attached hydrogens (primary N) is 1. The molecule has 0 aliphatic carbocycles. The largest absolute Gasteiger partial charge is 0.383 e. The maximum Gasteiger partial charge on any atom is 0.137 e. The molecule has 0 bridgehead atoms. The topological polar surface area (TPSA) is 55.0 Å². The Hall–Kier alpha value is -1.32. The van der Waals surface area contributed by atoms with E-state index in [1.807, 2.05) is 6.92 Å². The van der Waals surface area contributed by atoms with Crippen molar-refractivity contribution in [2.75, 3.05) is 17.2 Å². The minimum absolute atomic E-state index is 0.546. The Morgan fingerprint density at radius 1 is 1.31 bits per heavy atom. The Balaban J connectivity index is 2.31. The maximum absolute atomic E-state index is 5.83. The monoisotopic (exact) mass is 220 g/mol. The predicted octanol–water partition coefficient (Wildman–Crippen LogP) is 1.99. The number of aromatic nitrogens is 2. The molecule has 4 heteroatoms. The number of nitrogens with zero attached hydrogens (tertiary/aromatic N) is 3. The Morgan fingerprint density at radius 3 is 2.81 bits per heavy atom. The summed E-state index contributed by atoms with van der Waals surface area (Å²) >= 11 is 0. The second-order valence-electron chi connectivity index (χ2n) is 4.89. The van der Waals surface area contributed by atoms with E-state index in [0.29, 0.717) is 11.9 Å². The molecule has 0 saturated carbocycles. The number of piperidine rings is 1. The Labute approximate surface area is 96.9 Å². The standard InChI is InChI=1S/C12H20N4/c1-8-4-5-9(2)16(6-8)12-10(3)11(13)14-7-15-12/h7-9H,4-6H2,1-3H3,(H2,13,14,15). The molecule has 1 aliphatic heterocycles. The van der Waals surface area contributed by atoms with Crippen LogP contribution in [0.25, 0.3) is 0 Å². The number of rotatable bonds is 1. The van der Waals surface area contributed by atoms with E-state index in [1.54, 1.807) is 6.33 Å². The highest BCUT2D eigenvalue weighted by atomic mass is 15.2. The van der Waals surface area contributed by atoms with E-state index in [9.17, 15) is 0 Å². The average molecular weight is 220 g/mol. The lowest BCUT2D eigenvalue weighted by Crippen LogP contribution is -2.42. The van der Waals surface area contributed by atoms with Crippen LogP contribution in [0.2, 0.25) is 0 Å².